The lowest BCUT2D eigenvalue weighted by atomic mass is 9.76. The van der Waals surface area contributed by atoms with Gasteiger partial charge in [-0.05, 0) is 11.5 Å². The van der Waals surface area contributed by atoms with E-state index in [0.717, 1.165) is 6.08 Å². The summed E-state index contributed by atoms with van der Waals surface area (Å²) in [5.74, 6) is -5.28. The fraction of sp³-hybridized carbons (Fsp3) is 0.286. The first-order valence-electron chi connectivity index (χ1n) is 5.88. The molecule has 0 radical (unpaired) electrons. The highest BCUT2D eigenvalue weighted by Crippen LogP contribution is 2.50. The lowest BCUT2D eigenvalue weighted by Crippen LogP contribution is -2.25. The molecule has 2 rings (SSSR count). The van der Waals surface area contributed by atoms with Crippen LogP contribution in [0.2, 0.25) is 0 Å². The fourth-order valence-electron chi connectivity index (χ4n) is 2.12. The number of benzene rings is 1. The van der Waals surface area contributed by atoms with E-state index in [-0.39, 0.29) is 5.57 Å². The van der Waals surface area contributed by atoms with Crippen molar-refractivity contribution in [3.63, 3.8) is 0 Å². The monoisotopic (exact) mass is 278 g/mol. The van der Waals surface area contributed by atoms with E-state index in [2.05, 4.69) is 0 Å². The molecule has 0 unspecified atom stereocenters. The minimum atomic E-state index is -1.03. The van der Waals surface area contributed by atoms with Crippen LogP contribution in [-0.2, 0) is 0 Å². The Hall–Kier alpha value is -2.50. The van der Waals surface area contributed by atoms with Gasteiger partial charge in [-0.2, -0.15) is 0 Å². The zero-order valence-electron chi connectivity index (χ0n) is 11.2. The molecule has 6 heteroatoms. The maximum Gasteiger partial charge on any atom is 0.205 e. The SMILES string of the molecule is CC(C)(C)C1=CC(=O)c2c(O)c(O)c(O)c(O)c2C1=O. The van der Waals surface area contributed by atoms with Crippen molar-refractivity contribution in [3.05, 3.63) is 22.8 Å². The van der Waals surface area contributed by atoms with Gasteiger partial charge in [-0.3, -0.25) is 9.59 Å². The number of hydrogen-bond donors (Lipinski definition) is 4. The van der Waals surface area contributed by atoms with E-state index in [4.69, 9.17) is 0 Å². The summed E-state index contributed by atoms with van der Waals surface area (Å²) in [6, 6.07) is 0. The second-order valence-corrected chi connectivity index (χ2v) is 5.65. The van der Waals surface area contributed by atoms with Crippen LogP contribution in [0, 0.1) is 5.41 Å². The molecular formula is C14H14O6. The fourth-order valence-corrected chi connectivity index (χ4v) is 2.12. The maximum atomic E-state index is 12.4. The normalized spacial score (nSPS) is 15.1. The average Bonchev–Trinajstić information content (AvgIpc) is 2.34. The Kier molecular flexibility index (Phi) is 2.78. The molecule has 20 heavy (non-hydrogen) atoms. The van der Waals surface area contributed by atoms with Crippen LogP contribution in [0.5, 0.6) is 23.0 Å². The molecule has 0 amide bonds. The quantitative estimate of drug-likeness (QED) is 0.425. The van der Waals surface area contributed by atoms with Gasteiger partial charge in [-0.15, -0.1) is 0 Å². The van der Waals surface area contributed by atoms with E-state index in [9.17, 15) is 30.0 Å². The summed E-state index contributed by atoms with van der Waals surface area (Å²) in [5.41, 5.74) is -1.50. The molecule has 1 aliphatic rings. The summed E-state index contributed by atoms with van der Waals surface area (Å²) in [4.78, 5) is 24.4. The average molecular weight is 278 g/mol. The van der Waals surface area contributed by atoms with Crippen LogP contribution in [0.1, 0.15) is 41.5 Å². The summed E-state index contributed by atoms with van der Waals surface area (Å²) in [6.07, 6.45) is 1.07. The number of phenols is 4. The molecule has 0 bridgehead atoms. The zero-order valence-corrected chi connectivity index (χ0v) is 11.2. The second kappa shape index (κ2) is 4.00. The molecule has 0 heterocycles. The van der Waals surface area contributed by atoms with Gasteiger partial charge in [0.2, 0.25) is 11.5 Å². The predicted molar refractivity (Wildman–Crippen MR) is 69.3 cm³/mol. The Bertz CT molecular complexity index is 676. The van der Waals surface area contributed by atoms with Crippen molar-refractivity contribution in [1.29, 1.82) is 0 Å². The highest BCUT2D eigenvalue weighted by molar-refractivity contribution is 6.27. The van der Waals surface area contributed by atoms with E-state index in [1.54, 1.807) is 20.8 Å². The highest BCUT2D eigenvalue weighted by Gasteiger charge is 2.38. The van der Waals surface area contributed by atoms with Crippen molar-refractivity contribution in [2.45, 2.75) is 20.8 Å². The third kappa shape index (κ3) is 1.72. The Balaban J connectivity index is 2.84. The van der Waals surface area contributed by atoms with Gasteiger partial charge in [0.25, 0.3) is 0 Å². The van der Waals surface area contributed by atoms with Crippen LogP contribution >= 0.6 is 0 Å². The number of hydrogen-bond acceptors (Lipinski definition) is 6. The topological polar surface area (TPSA) is 115 Å². The summed E-state index contributed by atoms with van der Waals surface area (Å²) in [6.45, 7) is 5.14. The molecule has 6 nitrogen and oxygen atoms in total. The van der Waals surface area contributed by atoms with Crippen LogP contribution in [0.15, 0.2) is 11.6 Å². The molecule has 4 N–H and O–H groups in total. The van der Waals surface area contributed by atoms with Crippen molar-refractivity contribution in [2.75, 3.05) is 0 Å². The molecule has 0 aliphatic heterocycles. The molecule has 0 aromatic heterocycles. The van der Waals surface area contributed by atoms with Crippen molar-refractivity contribution in [2.24, 2.45) is 5.41 Å². The van der Waals surface area contributed by atoms with Gasteiger partial charge in [0.1, 0.15) is 0 Å². The Morgan fingerprint density at radius 1 is 0.800 bits per heavy atom. The van der Waals surface area contributed by atoms with Gasteiger partial charge >= 0.3 is 0 Å². The Morgan fingerprint density at radius 2 is 1.25 bits per heavy atom. The van der Waals surface area contributed by atoms with Crippen LogP contribution in [-0.4, -0.2) is 32.0 Å². The third-order valence-corrected chi connectivity index (χ3v) is 3.20. The van der Waals surface area contributed by atoms with Gasteiger partial charge in [-0.25, -0.2) is 0 Å². The minimum absolute atomic E-state index is 0.148. The number of aromatic hydroxyl groups is 4. The molecule has 0 spiro atoms. The number of rotatable bonds is 0. The van der Waals surface area contributed by atoms with Crippen molar-refractivity contribution >= 4 is 11.6 Å². The molecule has 0 fully saturated rings. The summed E-state index contributed by atoms with van der Waals surface area (Å²) < 4.78 is 0. The number of phenolic OH excluding ortho intramolecular Hbond substituents is 4. The molecular weight excluding hydrogens is 264 g/mol. The van der Waals surface area contributed by atoms with Crippen LogP contribution < -0.4 is 0 Å². The van der Waals surface area contributed by atoms with Gasteiger partial charge in [-0.1, -0.05) is 20.8 Å². The minimum Gasteiger partial charge on any atom is -0.504 e. The first-order chi connectivity index (χ1) is 9.07. The van der Waals surface area contributed by atoms with Gasteiger partial charge in [0, 0.05) is 5.57 Å². The number of carbonyl (C=O) groups is 2. The standard InChI is InChI=1S/C14H14O6/c1-14(2,3)5-4-6(15)7-8(9(5)16)11(18)13(20)12(19)10(7)17/h4,17-20H,1-3H3. The van der Waals surface area contributed by atoms with Crippen molar-refractivity contribution in [1.82, 2.24) is 0 Å². The number of allylic oxidation sites excluding steroid dienone is 2. The smallest absolute Gasteiger partial charge is 0.205 e. The van der Waals surface area contributed by atoms with Gasteiger partial charge < -0.3 is 20.4 Å². The van der Waals surface area contributed by atoms with E-state index >= 15 is 0 Å². The van der Waals surface area contributed by atoms with E-state index in [1.165, 1.54) is 0 Å². The first-order valence-corrected chi connectivity index (χ1v) is 5.88. The molecule has 1 aliphatic carbocycles. The van der Waals surface area contributed by atoms with Crippen molar-refractivity contribution < 1.29 is 30.0 Å². The van der Waals surface area contributed by atoms with E-state index < -0.39 is 51.1 Å². The third-order valence-electron chi connectivity index (χ3n) is 3.20. The number of Topliss-reactive ketones (excluding diaryl/α,β-unsaturated/α-hetero) is 1. The summed E-state index contributed by atoms with van der Waals surface area (Å²) in [7, 11) is 0. The Labute approximate surface area is 114 Å². The summed E-state index contributed by atoms with van der Waals surface area (Å²) >= 11 is 0. The lowest BCUT2D eigenvalue weighted by molar-refractivity contribution is 0.0960. The molecule has 1 aromatic rings. The van der Waals surface area contributed by atoms with Gasteiger partial charge in [0.05, 0.1) is 11.1 Å². The van der Waals surface area contributed by atoms with E-state index in [1.807, 2.05) is 0 Å². The summed E-state index contributed by atoms with van der Waals surface area (Å²) in [5, 5.41) is 38.4. The van der Waals surface area contributed by atoms with Crippen LogP contribution in [0.3, 0.4) is 0 Å². The van der Waals surface area contributed by atoms with E-state index in [0.29, 0.717) is 0 Å². The number of fused-ring (bicyclic) bond motifs is 1. The van der Waals surface area contributed by atoms with Gasteiger partial charge in [0.15, 0.2) is 23.1 Å². The highest BCUT2D eigenvalue weighted by atomic mass is 16.3. The zero-order chi connectivity index (χ0) is 15.4. The van der Waals surface area contributed by atoms with Crippen LogP contribution in [0.25, 0.3) is 0 Å². The molecule has 106 valence electrons. The first kappa shape index (κ1) is 13.9. The molecule has 0 atom stereocenters. The molecule has 1 aromatic carbocycles. The lowest BCUT2D eigenvalue weighted by Gasteiger charge is -2.26. The molecule has 0 saturated carbocycles. The Morgan fingerprint density at radius 3 is 1.70 bits per heavy atom. The maximum absolute atomic E-state index is 12.4. The van der Waals surface area contributed by atoms with Crippen molar-refractivity contribution in [3.8, 4) is 23.0 Å². The largest absolute Gasteiger partial charge is 0.504 e. The van der Waals surface area contributed by atoms with Crippen LogP contribution in [0.4, 0.5) is 0 Å². The predicted octanol–water partition coefficient (Wildman–Crippen LogP) is 1.86. The number of carbonyl (C=O) groups excluding carboxylic acids is 2. The molecule has 0 saturated heterocycles. The number of ketones is 2. The second-order valence-electron chi connectivity index (χ2n) is 5.65.